The lowest BCUT2D eigenvalue weighted by Crippen LogP contribution is -2.26. The summed E-state index contributed by atoms with van der Waals surface area (Å²) >= 11 is 0. The van der Waals surface area contributed by atoms with Gasteiger partial charge in [-0.1, -0.05) is 48.1 Å². The summed E-state index contributed by atoms with van der Waals surface area (Å²) in [4.78, 5) is 13.4. The molecule has 1 aromatic carbocycles. The first kappa shape index (κ1) is 23.0. The van der Waals surface area contributed by atoms with Gasteiger partial charge in [0.05, 0.1) is 29.7 Å². The number of rotatable bonds is 8. The molecule has 0 unspecified atom stereocenters. The van der Waals surface area contributed by atoms with Gasteiger partial charge in [0, 0.05) is 39.9 Å². The van der Waals surface area contributed by atoms with Crippen molar-refractivity contribution in [2.24, 2.45) is 0 Å². The maximum atomic E-state index is 8.95. The molecular weight excluding hydrogens is 398 g/mol. The first-order valence-electron chi connectivity index (χ1n) is 10.7. The third-order valence-corrected chi connectivity index (χ3v) is 5.29. The Kier molecular flexibility index (Phi) is 8.01. The summed E-state index contributed by atoms with van der Waals surface area (Å²) in [7, 11) is 5.73. The van der Waals surface area contributed by atoms with Crippen LogP contribution in [0.5, 0.6) is 0 Å². The van der Waals surface area contributed by atoms with Crippen LogP contribution in [0.25, 0.3) is 11.4 Å². The van der Waals surface area contributed by atoms with E-state index in [1.54, 1.807) is 6.20 Å². The van der Waals surface area contributed by atoms with Crippen LogP contribution >= 0.6 is 0 Å². The Morgan fingerprint density at radius 1 is 1.19 bits per heavy atom. The zero-order chi connectivity index (χ0) is 22.9. The van der Waals surface area contributed by atoms with Crippen LogP contribution in [0, 0.1) is 18.3 Å². The molecule has 0 fully saturated rings. The number of nitrogens with one attached hydrogen (secondary N) is 2. The molecule has 0 saturated heterocycles. The average Bonchev–Trinajstić information content (AvgIpc) is 3.03. The van der Waals surface area contributed by atoms with Gasteiger partial charge in [0.1, 0.15) is 0 Å². The van der Waals surface area contributed by atoms with Gasteiger partial charge >= 0.3 is 0 Å². The molecule has 0 spiro atoms. The highest BCUT2D eigenvalue weighted by atomic mass is 15.2. The largest absolute Gasteiger partial charge is 0.386 e. The predicted molar refractivity (Wildman–Crippen MR) is 131 cm³/mol. The molecular formula is C25H31N7. The highest BCUT2D eigenvalue weighted by Gasteiger charge is 2.20. The zero-order valence-corrected chi connectivity index (χ0v) is 19.3. The fraction of sp³-hybridized carbons (Fsp3) is 0.320. The molecule has 2 aromatic rings. The number of likely N-dealkylation sites (N-methyl/N-ethyl adjacent to an activating group) is 1. The van der Waals surface area contributed by atoms with Crippen LogP contribution in [0.2, 0.25) is 0 Å². The van der Waals surface area contributed by atoms with Crippen LogP contribution in [-0.4, -0.2) is 67.1 Å². The van der Waals surface area contributed by atoms with Gasteiger partial charge in [0.25, 0.3) is 0 Å². The molecule has 0 bridgehead atoms. The minimum absolute atomic E-state index is 0.408. The summed E-state index contributed by atoms with van der Waals surface area (Å²) in [5.74, 6) is 0.582. The third kappa shape index (κ3) is 5.74. The van der Waals surface area contributed by atoms with E-state index in [9.17, 15) is 0 Å². The Morgan fingerprint density at radius 2 is 1.97 bits per heavy atom. The molecule has 166 valence electrons. The second-order valence-corrected chi connectivity index (χ2v) is 7.77. The van der Waals surface area contributed by atoms with Gasteiger partial charge in [-0.25, -0.2) is 9.97 Å². The first-order valence-corrected chi connectivity index (χ1v) is 10.7. The Morgan fingerprint density at radius 3 is 2.66 bits per heavy atom. The van der Waals surface area contributed by atoms with Gasteiger partial charge in [0.2, 0.25) is 5.95 Å². The Balaban J connectivity index is 2.05. The van der Waals surface area contributed by atoms with Gasteiger partial charge in [-0.2, -0.15) is 5.26 Å². The molecule has 0 saturated carbocycles. The van der Waals surface area contributed by atoms with Gasteiger partial charge in [-0.15, -0.1) is 0 Å². The molecule has 0 atom stereocenters. The monoisotopic (exact) mass is 429 g/mol. The van der Waals surface area contributed by atoms with Gasteiger partial charge < -0.3 is 15.5 Å². The number of aryl methyl sites for hydroxylation is 1. The van der Waals surface area contributed by atoms with Crippen molar-refractivity contribution in [3.05, 3.63) is 77.2 Å². The molecule has 0 amide bonds. The lowest BCUT2D eigenvalue weighted by Gasteiger charge is -2.27. The van der Waals surface area contributed by atoms with Gasteiger partial charge in [0.15, 0.2) is 0 Å². The molecule has 2 heterocycles. The first-order chi connectivity index (χ1) is 15.5. The van der Waals surface area contributed by atoms with E-state index in [0.29, 0.717) is 12.5 Å². The van der Waals surface area contributed by atoms with E-state index in [2.05, 4.69) is 76.0 Å². The zero-order valence-electron chi connectivity index (χ0n) is 19.3. The summed E-state index contributed by atoms with van der Waals surface area (Å²) in [5.41, 5.74) is 6.40. The second-order valence-electron chi connectivity index (χ2n) is 7.77. The number of hydrogen-bond donors (Lipinski definition) is 2. The van der Waals surface area contributed by atoms with E-state index in [-0.39, 0.29) is 0 Å². The van der Waals surface area contributed by atoms with Crippen molar-refractivity contribution in [1.82, 2.24) is 25.1 Å². The second kappa shape index (κ2) is 11.1. The number of aromatic nitrogens is 2. The minimum Gasteiger partial charge on any atom is -0.386 e. The van der Waals surface area contributed by atoms with Crippen molar-refractivity contribution < 1.29 is 0 Å². The number of anilines is 1. The van der Waals surface area contributed by atoms with E-state index < -0.39 is 0 Å². The molecule has 7 heteroatoms. The van der Waals surface area contributed by atoms with E-state index in [1.165, 1.54) is 11.1 Å². The Bertz CT molecular complexity index is 1040. The van der Waals surface area contributed by atoms with Gasteiger partial charge in [-0.05, 0) is 31.2 Å². The van der Waals surface area contributed by atoms with Crippen LogP contribution in [0.3, 0.4) is 0 Å². The Hall–Kier alpha value is -3.63. The Labute approximate surface area is 190 Å². The molecule has 1 aromatic heterocycles. The molecule has 32 heavy (non-hydrogen) atoms. The standard InChI is InChI=1S/C25H31N7/c1-19-7-9-21(10-8-19)23(27-2)24(22-11-14-29-25(28-3)30-22)32-15-5-6-20(12-16-32)18-31(4)17-13-26/h5-12,14,27H,15-18H2,1-4H3,(H,28,29,30)/b24-23-. The normalized spacial score (nSPS) is 14.4. The van der Waals surface area contributed by atoms with Crippen molar-refractivity contribution in [3.8, 4) is 6.07 Å². The minimum atomic E-state index is 0.408. The van der Waals surface area contributed by atoms with Crippen LogP contribution in [0.4, 0.5) is 5.95 Å². The molecule has 7 nitrogen and oxygen atoms in total. The average molecular weight is 430 g/mol. The SMILES string of the molecule is CN/C(=C(/c1ccnc(NC)n1)N1CC=CC(CN(C)CC#N)=CC1)c1ccc(C)cc1. The number of nitrogens with zero attached hydrogens (tertiary/aromatic N) is 5. The smallest absolute Gasteiger partial charge is 0.222 e. The van der Waals surface area contributed by atoms with E-state index in [1.807, 2.05) is 32.1 Å². The fourth-order valence-electron chi connectivity index (χ4n) is 3.67. The van der Waals surface area contributed by atoms with Crippen molar-refractivity contribution in [3.63, 3.8) is 0 Å². The summed E-state index contributed by atoms with van der Waals surface area (Å²) in [6.07, 6.45) is 8.32. The maximum absolute atomic E-state index is 8.95. The van der Waals surface area contributed by atoms with E-state index in [4.69, 9.17) is 10.2 Å². The maximum Gasteiger partial charge on any atom is 0.222 e. The quantitative estimate of drug-likeness (QED) is 0.624. The van der Waals surface area contributed by atoms with E-state index >= 15 is 0 Å². The number of hydrogen-bond acceptors (Lipinski definition) is 7. The van der Waals surface area contributed by atoms with Crippen molar-refractivity contribution >= 4 is 17.3 Å². The van der Waals surface area contributed by atoms with Crippen LogP contribution in [0.1, 0.15) is 16.8 Å². The van der Waals surface area contributed by atoms with Crippen molar-refractivity contribution in [2.75, 3.05) is 52.6 Å². The topological polar surface area (TPSA) is 80.1 Å². The molecule has 1 aliphatic rings. The van der Waals surface area contributed by atoms with Crippen LogP contribution < -0.4 is 10.6 Å². The summed E-state index contributed by atoms with van der Waals surface area (Å²) < 4.78 is 0. The number of benzene rings is 1. The highest BCUT2D eigenvalue weighted by Crippen LogP contribution is 2.28. The summed E-state index contributed by atoms with van der Waals surface area (Å²) in [6, 6.07) is 12.7. The molecule has 3 rings (SSSR count). The van der Waals surface area contributed by atoms with Crippen molar-refractivity contribution in [2.45, 2.75) is 6.92 Å². The summed E-state index contributed by atoms with van der Waals surface area (Å²) in [5, 5.41) is 15.4. The third-order valence-electron chi connectivity index (χ3n) is 5.29. The highest BCUT2D eigenvalue weighted by molar-refractivity contribution is 5.88. The lowest BCUT2D eigenvalue weighted by atomic mass is 10.1. The molecule has 1 aliphatic heterocycles. The van der Waals surface area contributed by atoms with Crippen LogP contribution in [0.15, 0.2) is 60.3 Å². The van der Waals surface area contributed by atoms with Crippen LogP contribution in [-0.2, 0) is 0 Å². The van der Waals surface area contributed by atoms with Gasteiger partial charge in [-0.3, -0.25) is 4.90 Å². The fourth-order valence-corrected chi connectivity index (χ4v) is 3.67. The predicted octanol–water partition coefficient (Wildman–Crippen LogP) is 3.13. The van der Waals surface area contributed by atoms with Crippen molar-refractivity contribution in [1.29, 1.82) is 5.26 Å². The molecule has 0 radical (unpaired) electrons. The molecule has 2 N–H and O–H groups in total. The summed E-state index contributed by atoms with van der Waals surface area (Å²) in [6.45, 7) is 4.71. The number of nitriles is 1. The lowest BCUT2D eigenvalue weighted by molar-refractivity contribution is 0.409. The molecule has 0 aliphatic carbocycles. The van der Waals surface area contributed by atoms with E-state index in [0.717, 1.165) is 42.3 Å².